The number of hydrogen-bond acceptors (Lipinski definition) is 8. The summed E-state index contributed by atoms with van der Waals surface area (Å²) in [4.78, 5) is 40.5. The van der Waals surface area contributed by atoms with Gasteiger partial charge in [0.2, 0.25) is 0 Å². The largest absolute Gasteiger partial charge is 0.508 e. The molecule has 0 saturated heterocycles. The Morgan fingerprint density at radius 2 is 1.52 bits per heavy atom. The topological polar surface area (TPSA) is 135 Å². The van der Waals surface area contributed by atoms with Crippen molar-refractivity contribution in [3.63, 3.8) is 0 Å². The Morgan fingerprint density at radius 3 is 2.14 bits per heavy atom. The van der Waals surface area contributed by atoms with Crippen molar-refractivity contribution in [2.45, 2.75) is 18.1 Å². The minimum absolute atomic E-state index is 0.0447. The molecule has 2 aliphatic heterocycles. The van der Waals surface area contributed by atoms with Crippen molar-refractivity contribution in [3.8, 4) is 23.0 Å². The number of phenols is 2. The Bertz CT molecular complexity index is 1680. The number of nitrogens with zero attached hydrogens (tertiary/aromatic N) is 1. The number of benzene rings is 4. The van der Waals surface area contributed by atoms with E-state index in [1.165, 1.54) is 49.4 Å². The van der Waals surface area contributed by atoms with Gasteiger partial charge < -0.3 is 34.6 Å². The third-order valence-corrected chi connectivity index (χ3v) is 7.56. The smallest absolute Gasteiger partial charge is 0.340 e. The molecule has 42 heavy (non-hydrogen) atoms. The van der Waals surface area contributed by atoms with Crippen LogP contribution in [0.25, 0.3) is 0 Å². The van der Waals surface area contributed by atoms with Crippen LogP contribution >= 0.6 is 0 Å². The second-order valence-electron chi connectivity index (χ2n) is 10.1. The molecule has 0 saturated carbocycles. The summed E-state index contributed by atoms with van der Waals surface area (Å²) in [6.07, 6.45) is 0.252. The van der Waals surface area contributed by atoms with Crippen LogP contribution in [0.15, 0.2) is 84.9 Å². The van der Waals surface area contributed by atoms with Gasteiger partial charge in [0.05, 0.1) is 12.7 Å². The van der Waals surface area contributed by atoms with E-state index in [0.29, 0.717) is 22.4 Å². The van der Waals surface area contributed by atoms with E-state index in [1.54, 1.807) is 24.3 Å². The second-order valence-corrected chi connectivity index (χ2v) is 10.1. The normalized spacial score (nSPS) is 14.5. The van der Waals surface area contributed by atoms with Crippen molar-refractivity contribution in [1.82, 2.24) is 4.90 Å². The van der Waals surface area contributed by atoms with Gasteiger partial charge in [-0.1, -0.05) is 36.4 Å². The van der Waals surface area contributed by atoms with Crippen LogP contribution in [0.3, 0.4) is 0 Å². The molecule has 2 amide bonds. The van der Waals surface area contributed by atoms with Gasteiger partial charge in [0.15, 0.2) is 5.60 Å². The summed E-state index contributed by atoms with van der Waals surface area (Å²) in [5, 5.41) is 23.0. The van der Waals surface area contributed by atoms with E-state index in [0.717, 1.165) is 5.56 Å². The lowest BCUT2D eigenvalue weighted by molar-refractivity contribution is -0.145. The van der Waals surface area contributed by atoms with Crippen LogP contribution in [0.4, 0.5) is 10.5 Å². The van der Waals surface area contributed by atoms with Gasteiger partial charge in [0, 0.05) is 48.0 Å². The average molecular weight is 567 g/mol. The summed E-state index contributed by atoms with van der Waals surface area (Å²) < 4.78 is 17.0. The molecule has 2 aliphatic rings. The lowest BCUT2D eigenvalue weighted by atomic mass is 9.77. The van der Waals surface area contributed by atoms with Crippen molar-refractivity contribution >= 4 is 23.7 Å². The van der Waals surface area contributed by atoms with E-state index in [-0.39, 0.29) is 35.0 Å². The zero-order valence-corrected chi connectivity index (χ0v) is 22.7. The molecular formula is C32H26N2O8. The molecule has 1 spiro atoms. The Labute approximate surface area is 240 Å². The predicted molar refractivity (Wildman–Crippen MR) is 151 cm³/mol. The Kier molecular flexibility index (Phi) is 6.45. The number of carbonyl (C=O) groups is 3. The van der Waals surface area contributed by atoms with Gasteiger partial charge in [-0.3, -0.25) is 0 Å². The van der Waals surface area contributed by atoms with Crippen LogP contribution in [-0.2, 0) is 26.3 Å². The van der Waals surface area contributed by atoms with E-state index in [1.807, 2.05) is 30.3 Å². The zero-order chi connectivity index (χ0) is 29.6. The molecule has 0 aliphatic carbocycles. The fourth-order valence-electron chi connectivity index (χ4n) is 5.49. The molecule has 0 bridgehead atoms. The molecule has 0 fully saturated rings. The SMILES string of the molecule is COC(=O)[C@H](Cc1ccccc1)N(C)C(=O)Nc1ccc2c(c1)C(=O)OC21c2ccc(O)cc2Oc2cc(O)ccc21. The maximum atomic E-state index is 13.4. The first kappa shape index (κ1) is 26.7. The molecule has 10 nitrogen and oxygen atoms in total. The average Bonchev–Trinajstić information content (AvgIpc) is 3.27. The first-order valence-corrected chi connectivity index (χ1v) is 13.1. The van der Waals surface area contributed by atoms with Crippen LogP contribution < -0.4 is 10.1 Å². The fraction of sp³-hybridized carbons (Fsp3) is 0.156. The van der Waals surface area contributed by atoms with Crippen molar-refractivity contribution in [3.05, 3.63) is 113 Å². The van der Waals surface area contributed by atoms with Crippen LogP contribution in [0.5, 0.6) is 23.0 Å². The van der Waals surface area contributed by atoms with Gasteiger partial charge in [-0.2, -0.15) is 0 Å². The minimum Gasteiger partial charge on any atom is -0.508 e. The van der Waals surface area contributed by atoms with Gasteiger partial charge in [0.25, 0.3) is 0 Å². The van der Waals surface area contributed by atoms with Crippen LogP contribution in [0.2, 0.25) is 0 Å². The van der Waals surface area contributed by atoms with E-state index in [2.05, 4.69) is 5.32 Å². The highest BCUT2D eigenvalue weighted by molar-refractivity contribution is 6.00. The molecule has 0 radical (unpaired) electrons. The molecule has 3 N–H and O–H groups in total. The number of rotatable bonds is 5. The van der Waals surface area contributed by atoms with Crippen molar-refractivity contribution < 1.29 is 38.8 Å². The minimum atomic E-state index is -1.41. The van der Waals surface area contributed by atoms with Gasteiger partial charge in [-0.25, -0.2) is 14.4 Å². The van der Waals surface area contributed by atoms with E-state index >= 15 is 0 Å². The summed E-state index contributed by atoms with van der Waals surface area (Å²) in [7, 11) is 2.76. The molecule has 0 aromatic heterocycles. The number of hydrogen-bond donors (Lipinski definition) is 3. The molecule has 1 atom stereocenters. The lowest BCUT2D eigenvalue weighted by Gasteiger charge is -2.36. The van der Waals surface area contributed by atoms with Crippen molar-refractivity contribution in [1.29, 1.82) is 0 Å². The number of carbonyl (C=O) groups excluding carboxylic acids is 3. The number of amides is 2. The highest BCUT2D eigenvalue weighted by Crippen LogP contribution is 2.57. The lowest BCUT2D eigenvalue weighted by Crippen LogP contribution is -2.46. The van der Waals surface area contributed by atoms with Gasteiger partial charge in [-0.05, 0) is 42.0 Å². The summed E-state index contributed by atoms with van der Waals surface area (Å²) in [6.45, 7) is 0. The number of phenolic OH excluding ortho intramolecular Hbond substituents is 2. The predicted octanol–water partition coefficient (Wildman–Crippen LogP) is 4.91. The number of urea groups is 1. The zero-order valence-electron chi connectivity index (χ0n) is 22.7. The molecule has 2 heterocycles. The van der Waals surface area contributed by atoms with Crippen LogP contribution in [-0.4, -0.2) is 53.3 Å². The maximum absolute atomic E-state index is 13.4. The number of esters is 2. The third kappa shape index (κ3) is 4.33. The quantitative estimate of drug-likeness (QED) is 0.290. The number of ether oxygens (including phenoxy) is 3. The molecule has 6 rings (SSSR count). The summed E-state index contributed by atoms with van der Waals surface area (Å²) in [5.41, 5.74) is 1.44. The molecule has 212 valence electrons. The highest BCUT2D eigenvalue weighted by Gasteiger charge is 2.53. The Hall–Kier alpha value is -5.51. The summed E-state index contributed by atoms with van der Waals surface area (Å²) in [5.74, 6) is -0.760. The second kappa shape index (κ2) is 10.2. The van der Waals surface area contributed by atoms with Crippen molar-refractivity contribution in [2.24, 2.45) is 0 Å². The number of anilines is 1. The maximum Gasteiger partial charge on any atom is 0.340 e. The first-order chi connectivity index (χ1) is 20.2. The van der Waals surface area contributed by atoms with E-state index in [4.69, 9.17) is 14.2 Å². The number of aromatic hydroxyl groups is 2. The van der Waals surface area contributed by atoms with Gasteiger partial charge in [-0.15, -0.1) is 0 Å². The molecule has 0 unspecified atom stereocenters. The van der Waals surface area contributed by atoms with Crippen LogP contribution in [0.1, 0.15) is 32.6 Å². The standard InChI is InChI=1S/C32H26N2O8/c1-34(26(30(38)40-2)14-18-6-4-3-5-7-18)31(39)33-19-8-11-23-22(15-19)29(37)42-32(23)24-12-9-20(35)16-27(24)41-28-17-21(36)10-13-25(28)32/h3-13,15-17,26,35-36H,14H2,1-2H3,(H,33,39)/t26-/m0/s1. The van der Waals surface area contributed by atoms with Gasteiger partial charge in [0.1, 0.15) is 29.0 Å². The molecule has 4 aromatic carbocycles. The first-order valence-electron chi connectivity index (χ1n) is 13.1. The molecule has 4 aromatic rings. The van der Waals surface area contributed by atoms with Crippen LogP contribution in [0, 0.1) is 0 Å². The summed E-state index contributed by atoms with van der Waals surface area (Å²) in [6, 6.07) is 21.6. The number of methoxy groups -OCH3 is 1. The third-order valence-electron chi connectivity index (χ3n) is 7.56. The fourth-order valence-corrected chi connectivity index (χ4v) is 5.49. The molecule has 10 heteroatoms. The molecular weight excluding hydrogens is 540 g/mol. The Morgan fingerprint density at radius 1 is 0.905 bits per heavy atom. The number of fused-ring (bicyclic) bond motifs is 6. The van der Waals surface area contributed by atoms with Crippen molar-refractivity contribution in [2.75, 3.05) is 19.5 Å². The highest BCUT2D eigenvalue weighted by atomic mass is 16.6. The Balaban J connectivity index is 1.34. The van der Waals surface area contributed by atoms with E-state index in [9.17, 15) is 24.6 Å². The number of nitrogens with one attached hydrogen (secondary N) is 1. The van der Waals surface area contributed by atoms with Gasteiger partial charge >= 0.3 is 18.0 Å². The monoisotopic (exact) mass is 566 g/mol. The van der Waals surface area contributed by atoms with E-state index < -0.39 is 29.6 Å². The summed E-state index contributed by atoms with van der Waals surface area (Å²) >= 11 is 0. The number of likely N-dealkylation sites (N-methyl/N-ethyl adjacent to an activating group) is 1.